The normalized spacial score (nSPS) is 16.8. The van der Waals surface area contributed by atoms with Gasteiger partial charge in [-0.2, -0.15) is 0 Å². The molecule has 2 aromatic rings. The number of rotatable bonds is 5. The van der Waals surface area contributed by atoms with Gasteiger partial charge < -0.3 is 10.4 Å². The minimum Gasteiger partial charge on any atom is -0.478 e. The molecule has 0 amide bonds. The number of halogens is 1. The molecule has 0 spiro atoms. The average Bonchev–Trinajstić information content (AvgIpc) is 2.56. The van der Waals surface area contributed by atoms with Crippen LogP contribution in [0.25, 0.3) is 0 Å². The highest BCUT2D eigenvalue weighted by molar-refractivity contribution is 5.88. The Kier molecular flexibility index (Phi) is 4.72. The second kappa shape index (κ2) is 6.92. The Balaban J connectivity index is 1.66. The molecule has 1 aliphatic carbocycles. The zero-order chi connectivity index (χ0) is 16.2. The van der Waals surface area contributed by atoms with Crippen molar-refractivity contribution in [3.63, 3.8) is 0 Å². The maximum Gasteiger partial charge on any atom is 0.335 e. The summed E-state index contributed by atoms with van der Waals surface area (Å²) in [6.45, 7) is 1.48. The largest absolute Gasteiger partial charge is 0.478 e. The molecule has 0 saturated heterocycles. The topological polar surface area (TPSA) is 49.3 Å². The first-order valence-corrected chi connectivity index (χ1v) is 7.95. The number of carboxylic acids is 1. The number of fused-ring (bicyclic) bond motifs is 1. The molecule has 0 heterocycles. The average molecular weight is 313 g/mol. The molecule has 3 nitrogen and oxygen atoms in total. The molecule has 0 bridgehead atoms. The quantitative estimate of drug-likeness (QED) is 0.884. The van der Waals surface area contributed by atoms with Crippen LogP contribution in [-0.2, 0) is 13.0 Å². The van der Waals surface area contributed by atoms with Gasteiger partial charge in [0.2, 0.25) is 0 Å². The summed E-state index contributed by atoms with van der Waals surface area (Å²) in [5.74, 6) is -0.772. The predicted molar refractivity (Wildman–Crippen MR) is 87.2 cm³/mol. The first-order valence-electron chi connectivity index (χ1n) is 7.95. The Morgan fingerprint density at radius 3 is 2.74 bits per heavy atom. The van der Waals surface area contributed by atoms with E-state index in [-0.39, 0.29) is 5.82 Å². The smallest absolute Gasteiger partial charge is 0.335 e. The van der Waals surface area contributed by atoms with E-state index in [1.165, 1.54) is 17.7 Å². The van der Waals surface area contributed by atoms with Crippen molar-refractivity contribution >= 4 is 5.97 Å². The lowest BCUT2D eigenvalue weighted by Gasteiger charge is -2.26. The van der Waals surface area contributed by atoms with Gasteiger partial charge in [0, 0.05) is 13.1 Å². The third-order valence-electron chi connectivity index (χ3n) is 4.46. The van der Waals surface area contributed by atoms with Crippen LogP contribution in [0.2, 0.25) is 0 Å². The van der Waals surface area contributed by atoms with Gasteiger partial charge in [-0.25, -0.2) is 9.18 Å². The summed E-state index contributed by atoms with van der Waals surface area (Å²) in [4.78, 5) is 11.2. The third kappa shape index (κ3) is 3.77. The Bertz CT molecular complexity index is 697. The second-order valence-corrected chi connectivity index (χ2v) is 6.07. The molecule has 0 aliphatic heterocycles. The fourth-order valence-corrected chi connectivity index (χ4v) is 3.24. The Labute approximate surface area is 135 Å². The minimum absolute atomic E-state index is 0.226. The van der Waals surface area contributed by atoms with Gasteiger partial charge in [-0.15, -0.1) is 0 Å². The van der Waals surface area contributed by atoms with Crippen molar-refractivity contribution in [2.24, 2.45) is 0 Å². The van der Waals surface area contributed by atoms with Crippen LogP contribution in [0.3, 0.4) is 0 Å². The Morgan fingerprint density at radius 2 is 2.00 bits per heavy atom. The summed E-state index contributed by atoms with van der Waals surface area (Å²) in [5.41, 5.74) is 3.81. The molecule has 0 aromatic heterocycles. The molecular weight excluding hydrogens is 293 g/mol. The molecule has 0 radical (unpaired) electrons. The van der Waals surface area contributed by atoms with Crippen molar-refractivity contribution in [1.29, 1.82) is 0 Å². The number of aromatic carboxylic acids is 1. The van der Waals surface area contributed by atoms with Crippen molar-refractivity contribution in [2.45, 2.75) is 31.7 Å². The number of carboxylic acid groups (broad SMARTS) is 1. The highest BCUT2D eigenvalue weighted by Gasteiger charge is 2.21. The summed E-state index contributed by atoms with van der Waals surface area (Å²) in [5, 5.41) is 12.6. The highest BCUT2D eigenvalue weighted by Crippen LogP contribution is 2.32. The summed E-state index contributed by atoms with van der Waals surface area (Å²) in [6, 6.07) is 11.9. The summed E-state index contributed by atoms with van der Waals surface area (Å²) in [7, 11) is 0. The number of aryl methyl sites for hydroxylation is 1. The van der Waals surface area contributed by atoms with Gasteiger partial charge >= 0.3 is 5.97 Å². The van der Waals surface area contributed by atoms with Gasteiger partial charge in [-0.05, 0) is 66.1 Å². The lowest BCUT2D eigenvalue weighted by Crippen LogP contribution is -2.24. The lowest BCUT2D eigenvalue weighted by atomic mass is 9.82. The number of carbonyl (C=O) groups is 1. The maximum absolute atomic E-state index is 12.9. The van der Waals surface area contributed by atoms with Crippen molar-refractivity contribution in [3.8, 4) is 0 Å². The standard InChI is InChI=1S/C19H20FNO2/c20-17-8-4-13(5-9-17)11-21-12-16-3-1-2-14-6-7-15(19(22)23)10-18(14)16/h4-10,16,21H,1-3,11-12H2,(H,22,23). The Hall–Kier alpha value is -2.20. The molecule has 2 N–H and O–H groups in total. The zero-order valence-electron chi connectivity index (χ0n) is 12.9. The molecule has 1 unspecified atom stereocenters. The van der Waals surface area contributed by atoms with E-state index in [1.807, 2.05) is 12.1 Å². The molecule has 120 valence electrons. The molecule has 1 aliphatic rings. The van der Waals surface area contributed by atoms with Crippen LogP contribution >= 0.6 is 0 Å². The fourth-order valence-electron chi connectivity index (χ4n) is 3.24. The van der Waals surface area contributed by atoms with E-state index >= 15 is 0 Å². The summed E-state index contributed by atoms with van der Waals surface area (Å²) < 4.78 is 12.9. The molecule has 1 atom stereocenters. The van der Waals surface area contributed by atoms with Crippen molar-refractivity contribution in [1.82, 2.24) is 5.32 Å². The van der Waals surface area contributed by atoms with E-state index in [4.69, 9.17) is 0 Å². The maximum atomic E-state index is 12.9. The van der Waals surface area contributed by atoms with E-state index in [2.05, 4.69) is 5.32 Å². The van der Waals surface area contributed by atoms with Crippen LogP contribution in [0, 0.1) is 5.82 Å². The fraction of sp³-hybridized carbons (Fsp3) is 0.316. The first-order chi connectivity index (χ1) is 11.1. The van der Waals surface area contributed by atoms with Gasteiger partial charge in [0.1, 0.15) is 5.82 Å². The van der Waals surface area contributed by atoms with E-state index in [1.54, 1.807) is 18.2 Å². The van der Waals surface area contributed by atoms with E-state index in [9.17, 15) is 14.3 Å². The van der Waals surface area contributed by atoms with Crippen LogP contribution in [0.4, 0.5) is 4.39 Å². The molecule has 0 saturated carbocycles. The van der Waals surface area contributed by atoms with Crippen LogP contribution < -0.4 is 5.32 Å². The van der Waals surface area contributed by atoms with E-state index in [0.29, 0.717) is 18.0 Å². The molecule has 23 heavy (non-hydrogen) atoms. The minimum atomic E-state index is -0.878. The van der Waals surface area contributed by atoms with Gasteiger partial charge in [-0.3, -0.25) is 0 Å². The molecular formula is C19H20FNO2. The zero-order valence-corrected chi connectivity index (χ0v) is 12.9. The van der Waals surface area contributed by atoms with Crippen LogP contribution in [-0.4, -0.2) is 17.6 Å². The number of hydrogen-bond donors (Lipinski definition) is 2. The monoisotopic (exact) mass is 313 g/mol. The van der Waals surface area contributed by atoms with Gasteiger partial charge in [0.15, 0.2) is 0 Å². The number of nitrogens with one attached hydrogen (secondary N) is 1. The van der Waals surface area contributed by atoms with E-state index in [0.717, 1.165) is 36.9 Å². The highest BCUT2D eigenvalue weighted by atomic mass is 19.1. The SMILES string of the molecule is O=C(O)c1ccc2c(c1)C(CNCc1ccc(F)cc1)CCC2. The number of benzene rings is 2. The number of hydrogen-bond acceptors (Lipinski definition) is 2. The van der Waals surface area contributed by atoms with Crippen LogP contribution in [0.5, 0.6) is 0 Å². The second-order valence-electron chi connectivity index (χ2n) is 6.07. The molecule has 2 aromatic carbocycles. The van der Waals surface area contributed by atoms with Crippen molar-refractivity contribution < 1.29 is 14.3 Å². The molecule has 3 rings (SSSR count). The lowest BCUT2D eigenvalue weighted by molar-refractivity contribution is 0.0696. The summed E-state index contributed by atoms with van der Waals surface area (Å²) >= 11 is 0. The Morgan fingerprint density at radius 1 is 1.22 bits per heavy atom. The van der Waals surface area contributed by atoms with Crippen LogP contribution in [0.15, 0.2) is 42.5 Å². The van der Waals surface area contributed by atoms with Crippen LogP contribution in [0.1, 0.15) is 45.8 Å². The van der Waals surface area contributed by atoms with Crippen molar-refractivity contribution in [3.05, 3.63) is 70.5 Å². The van der Waals surface area contributed by atoms with E-state index < -0.39 is 5.97 Å². The summed E-state index contributed by atoms with van der Waals surface area (Å²) in [6.07, 6.45) is 3.21. The van der Waals surface area contributed by atoms with Gasteiger partial charge in [0.05, 0.1) is 5.56 Å². The molecule has 4 heteroatoms. The molecule has 0 fully saturated rings. The first kappa shape index (κ1) is 15.7. The van der Waals surface area contributed by atoms with Gasteiger partial charge in [0.25, 0.3) is 0 Å². The van der Waals surface area contributed by atoms with Gasteiger partial charge in [-0.1, -0.05) is 18.2 Å². The third-order valence-corrected chi connectivity index (χ3v) is 4.46. The van der Waals surface area contributed by atoms with Crippen molar-refractivity contribution in [2.75, 3.05) is 6.54 Å². The predicted octanol–water partition coefficient (Wildman–Crippen LogP) is 3.73.